The number of halogens is 3. The van der Waals surface area contributed by atoms with Gasteiger partial charge in [0.2, 0.25) is 0 Å². The Kier molecular flexibility index (Phi) is 5.57. The molecular weight excluding hydrogens is 419 g/mol. The summed E-state index contributed by atoms with van der Waals surface area (Å²) in [6, 6.07) is 17.3. The van der Waals surface area contributed by atoms with Crippen LogP contribution in [0.4, 0.5) is 13.2 Å². The number of carbonyl (C=O) groups is 1. The number of pyridine rings is 1. The molecule has 0 spiro atoms. The van der Waals surface area contributed by atoms with Crippen molar-refractivity contribution in [2.24, 2.45) is 0 Å². The first-order chi connectivity index (χ1) is 15.3. The van der Waals surface area contributed by atoms with E-state index in [0.717, 1.165) is 6.07 Å². The molecule has 0 aliphatic rings. The summed E-state index contributed by atoms with van der Waals surface area (Å²) in [6.07, 6.45) is -3.38. The van der Waals surface area contributed by atoms with Crippen LogP contribution >= 0.6 is 0 Å². The van der Waals surface area contributed by atoms with Crippen molar-refractivity contribution in [2.75, 3.05) is 14.2 Å². The highest BCUT2D eigenvalue weighted by atomic mass is 19.4. The molecule has 7 heteroatoms. The van der Waals surface area contributed by atoms with Gasteiger partial charge in [0.25, 0.3) is 0 Å². The quantitative estimate of drug-likeness (QED) is 0.351. The van der Waals surface area contributed by atoms with Crippen molar-refractivity contribution < 1.29 is 27.4 Å². The van der Waals surface area contributed by atoms with Gasteiger partial charge in [-0.05, 0) is 23.8 Å². The molecule has 0 fully saturated rings. The minimum absolute atomic E-state index is 0.190. The van der Waals surface area contributed by atoms with Crippen LogP contribution in [-0.2, 0) is 6.18 Å². The average molecular weight is 437 g/mol. The van der Waals surface area contributed by atoms with Gasteiger partial charge in [-0.3, -0.25) is 9.78 Å². The molecule has 1 aromatic heterocycles. The molecule has 3 aromatic carbocycles. The minimum Gasteiger partial charge on any atom is -0.493 e. The zero-order valence-corrected chi connectivity index (χ0v) is 17.2. The number of nitrogens with zero attached hydrogens (tertiary/aromatic N) is 1. The van der Waals surface area contributed by atoms with E-state index in [1.165, 1.54) is 32.5 Å². The van der Waals surface area contributed by atoms with Gasteiger partial charge in [0.15, 0.2) is 17.3 Å². The molecule has 32 heavy (non-hydrogen) atoms. The average Bonchev–Trinajstić information content (AvgIpc) is 2.81. The van der Waals surface area contributed by atoms with Crippen LogP contribution in [0.25, 0.3) is 22.0 Å². The van der Waals surface area contributed by atoms with Gasteiger partial charge in [-0.15, -0.1) is 0 Å². The van der Waals surface area contributed by atoms with E-state index >= 15 is 0 Å². The Bertz CT molecular complexity index is 1300. The number of ketones is 1. The Balaban J connectivity index is 2.06. The van der Waals surface area contributed by atoms with Gasteiger partial charge < -0.3 is 9.47 Å². The van der Waals surface area contributed by atoms with E-state index in [1.54, 1.807) is 48.5 Å². The smallest absolute Gasteiger partial charge is 0.418 e. The van der Waals surface area contributed by atoms with E-state index in [2.05, 4.69) is 4.98 Å². The van der Waals surface area contributed by atoms with E-state index < -0.39 is 11.7 Å². The van der Waals surface area contributed by atoms with Gasteiger partial charge in [0, 0.05) is 28.3 Å². The zero-order valence-electron chi connectivity index (χ0n) is 17.2. The predicted molar refractivity (Wildman–Crippen MR) is 115 cm³/mol. The molecule has 162 valence electrons. The van der Waals surface area contributed by atoms with Gasteiger partial charge in [0.05, 0.1) is 25.3 Å². The molecule has 0 atom stereocenters. The number of carbonyl (C=O) groups excluding carboxylic acids is 1. The number of methoxy groups -OCH3 is 2. The first kappa shape index (κ1) is 21.4. The molecule has 4 aromatic rings. The fourth-order valence-electron chi connectivity index (χ4n) is 3.67. The molecule has 4 nitrogen and oxygen atoms in total. The summed E-state index contributed by atoms with van der Waals surface area (Å²) in [7, 11) is 2.95. The molecule has 0 unspecified atom stereocenters. The minimum atomic E-state index is -4.59. The van der Waals surface area contributed by atoms with Crippen LogP contribution in [0.15, 0.2) is 72.9 Å². The second-order valence-corrected chi connectivity index (χ2v) is 7.01. The summed E-state index contributed by atoms with van der Waals surface area (Å²) in [5.41, 5.74) is 0.354. The number of fused-ring (bicyclic) bond motifs is 1. The third-order valence-corrected chi connectivity index (χ3v) is 5.16. The lowest BCUT2D eigenvalue weighted by Gasteiger charge is -2.17. The molecule has 4 rings (SSSR count). The number of rotatable bonds is 5. The maximum Gasteiger partial charge on any atom is 0.418 e. The van der Waals surface area contributed by atoms with E-state index in [4.69, 9.17) is 9.47 Å². The van der Waals surface area contributed by atoms with Crippen LogP contribution in [0.5, 0.6) is 11.5 Å². The lowest BCUT2D eigenvalue weighted by molar-refractivity contribution is -0.136. The monoisotopic (exact) mass is 437 g/mol. The molecule has 0 aliphatic heterocycles. The maximum atomic E-state index is 13.7. The van der Waals surface area contributed by atoms with Crippen molar-refractivity contribution >= 4 is 16.7 Å². The third-order valence-electron chi connectivity index (χ3n) is 5.16. The molecule has 0 radical (unpaired) electrons. The molecule has 0 amide bonds. The van der Waals surface area contributed by atoms with Crippen molar-refractivity contribution in [3.63, 3.8) is 0 Å². The lowest BCUT2D eigenvalue weighted by atomic mass is 9.91. The van der Waals surface area contributed by atoms with Crippen LogP contribution in [0.2, 0.25) is 0 Å². The van der Waals surface area contributed by atoms with Gasteiger partial charge in [0.1, 0.15) is 0 Å². The van der Waals surface area contributed by atoms with Crippen LogP contribution in [0.1, 0.15) is 21.5 Å². The molecule has 0 bridgehead atoms. The molecule has 0 N–H and O–H groups in total. The molecular formula is C25H18F3NO3. The SMILES string of the molecule is COc1ccc(-c2c(C(=O)c3ccccc3)cnc3c(C(F)(F)F)cccc23)cc1OC. The van der Waals surface area contributed by atoms with E-state index in [0.29, 0.717) is 28.2 Å². The summed E-state index contributed by atoms with van der Waals surface area (Å²) >= 11 is 0. The van der Waals surface area contributed by atoms with Crippen LogP contribution < -0.4 is 9.47 Å². The fourth-order valence-corrected chi connectivity index (χ4v) is 3.67. The second-order valence-electron chi connectivity index (χ2n) is 7.01. The Labute approximate surface area is 182 Å². The summed E-state index contributed by atoms with van der Waals surface area (Å²) < 4.78 is 51.6. The third kappa shape index (κ3) is 3.77. The van der Waals surface area contributed by atoms with E-state index in [9.17, 15) is 18.0 Å². The van der Waals surface area contributed by atoms with Crippen LogP contribution in [-0.4, -0.2) is 25.0 Å². The Hall–Kier alpha value is -3.87. The first-order valence-electron chi connectivity index (χ1n) is 9.66. The van der Waals surface area contributed by atoms with Gasteiger partial charge in [-0.2, -0.15) is 13.2 Å². The van der Waals surface area contributed by atoms with Crippen molar-refractivity contribution in [2.45, 2.75) is 6.18 Å². The standard InChI is InChI=1S/C25H18F3NO3/c1-31-20-12-11-16(13-21(20)32-2)22-17-9-6-10-19(25(26,27)28)23(17)29-14-18(22)24(30)15-7-4-3-5-8-15/h3-14H,1-2H3. The zero-order chi connectivity index (χ0) is 22.9. The summed E-state index contributed by atoms with van der Waals surface area (Å²) in [4.78, 5) is 17.4. The summed E-state index contributed by atoms with van der Waals surface area (Å²) in [5.74, 6) is 0.503. The van der Waals surface area contributed by atoms with Gasteiger partial charge in [-0.25, -0.2) is 0 Å². The van der Waals surface area contributed by atoms with Crippen molar-refractivity contribution in [1.82, 2.24) is 4.98 Å². The second kappa shape index (κ2) is 8.34. The number of ether oxygens (including phenoxy) is 2. The highest BCUT2D eigenvalue weighted by Gasteiger charge is 2.34. The van der Waals surface area contributed by atoms with E-state index in [-0.39, 0.29) is 22.2 Å². The number of alkyl halides is 3. The molecule has 0 aliphatic carbocycles. The van der Waals surface area contributed by atoms with E-state index in [1.807, 2.05) is 0 Å². The Morgan fingerprint density at radius 2 is 1.59 bits per heavy atom. The topological polar surface area (TPSA) is 48.4 Å². The number of benzene rings is 3. The van der Waals surface area contributed by atoms with Crippen molar-refractivity contribution in [1.29, 1.82) is 0 Å². The maximum absolute atomic E-state index is 13.7. The Morgan fingerprint density at radius 3 is 2.25 bits per heavy atom. The number of aromatic nitrogens is 1. The van der Waals surface area contributed by atoms with Crippen LogP contribution in [0.3, 0.4) is 0 Å². The normalized spacial score (nSPS) is 11.4. The summed E-state index contributed by atoms with van der Waals surface area (Å²) in [6.45, 7) is 0. The van der Waals surface area contributed by atoms with Crippen molar-refractivity contribution in [3.05, 3.63) is 89.6 Å². The predicted octanol–water partition coefficient (Wildman–Crippen LogP) is 6.17. The van der Waals surface area contributed by atoms with Gasteiger partial charge in [-0.1, -0.05) is 48.5 Å². The number of hydrogen-bond donors (Lipinski definition) is 0. The lowest BCUT2D eigenvalue weighted by Crippen LogP contribution is -2.09. The van der Waals surface area contributed by atoms with Gasteiger partial charge >= 0.3 is 6.18 Å². The fraction of sp³-hybridized carbons (Fsp3) is 0.120. The summed E-state index contributed by atoms with van der Waals surface area (Å²) in [5, 5.41) is 0.217. The highest BCUT2D eigenvalue weighted by Crippen LogP contribution is 2.41. The Morgan fingerprint density at radius 1 is 0.875 bits per heavy atom. The molecule has 0 saturated heterocycles. The first-order valence-corrected chi connectivity index (χ1v) is 9.66. The number of hydrogen-bond acceptors (Lipinski definition) is 4. The highest BCUT2D eigenvalue weighted by molar-refractivity contribution is 6.16. The number of para-hydroxylation sites is 1. The van der Waals surface area contributed by atoms with Crippen LogP contribution in [0, 0.1) is 0 Å². The molecule has 1 heterocycles. The van der Waals surface area contributed by atoms with Crippen molar-refractivity contribution in [3.8, 4) is 22.6 Å². The largest absolute Gasteiger partial charge is 0.493 e. The molecule has 0 saturated carbocycles.